The summed E-state index contributed by atoms with van der Waals surface area (Å²) in [5, 5.41) is 15.1. The molecule has 0 aliphatic heterocycles. The second-order valence-corrected chi connectivity index (χ2v) is 5.83. The van der Waals surface area contributed by atoms with Crippen molar-refractivity contribution in [2.75, 3.05) is 0 Å². The maximum absolute atomic E-state index is 10.7. The van der Waals surface area contributed by atoms with Crippen LogP contribution in [0.25, 0.3) is 5.69 Å². The van der Waals surface area contributed by atoms with Gasteiger partial charge in [-0.3, -0.25) is 10.1 Å². The normalized spacial score (nSPS) is 10.6. The van der Waals surface area contributed by atoms with Gasteiger partial charge in [-0.25, -0.2) is 4.68 Å². The van der Waals surface area contributed by atoms with Gasteiger partial charge in [0.25, 0.3) is 5.69 Å². The van der Waals surface area contributed by atoms with Crippen molar-refractivity contribution in [1.82, 2.24) is 9.78 Å². The number of nitrogens with zero attached hydrogens (tertiary/aromatic N) is 3. The van der Waals surface area contributed by atoms with Crippen molar-refractivity contribution in [3.05, 3.63) is 85.7 Å². The van der Waals surface area contributed by atoms with Crippen molar-refractivity contribution in [3.8, 4) is 5.69 Å². The van der Waals surface area contributed by atoms with E-state index in [1.807, 2.05) is 24.4 Å². The molecule has 0 aliphatic carbocycles. The van der Waals surface area contributed by atoms with E-state index in [9.17, 15) is 10.1 Å². The Kier molecular flexibility index (Phi) is 4.19. The Labute approximate surface area is 140 Å². The van der Waals surface area contributed by atoms with Crippen LogP contribution in [0.3, 0.4) is 0 Å². The SMILES string of the molecule is O=[N+]([O-])c1ccc(-n2ncc(Cc3ccccc3)c2I)cc1. The van der Waals surface area contributed by atoms with Crippen molar-refractivity contribution in [2.24, 2.45) is 0 Å². The third-order valence-corrected chi connectivity index (χ3v) is 4.47. The summed E-state index contributed by atoms with van der Waals surface area (Å²) in [4.78, 5) is 10.3. The lowest BCUT2D eigenvalue weighted by Crippen LogP contribution is -2.00. The fraction of sp³-hybridized carbons (Fsp3) is 0.0625. The molecule has 0 saturated heterocycles. The first-order valence-electron chi connectivity index (χ1n) is 6.66. The fourth-order valence-electron chi connectivity index (χ4n) is 2.20. The summed E-state index contributed by atoms with van der Waals surface area (Å²) in [7, 11) is 0. The van der Waals surface area contributed by atoms with Crippen LogP contribution in [0.1, 0.15) is 11.1 Å². The molecule has 1 aromatic heterocycles. The van der Waals surface area contributed by atoms with E-state index in [1.165, 1.54) is 17.7 Å². The minimum Gasteiger partial charge on any atom is -0.258 e. The van der Waals surface area contributed by atoms with Crippen LogP contribution in [0.2, 0.25) is 0 Å². The first kappa shape index (κ1) is 14.7. The molecule has 110 valence electrons. The van der Waals surface area contributed by atoms with E-state index in [-0.39, 0.29) is 5.69 Å². The molecule has 3 aromatic rings. The zero-order valence-electron chi connectivity index (χ0n) is 11.5. The zero-order valence-corrected chi connectivity index (χ0v) is 13.7. The van der Waals surface area contributed by atoms with E-state index in [1.54, 1.807) is 16.8 Å². The standard InChI is InChI=1S/C16H12IN3O2/c17-16-13(10-12-4-2-1-3-5-12)11-18-19(16)14-6-8-15(9-7-14)20(21)22/h1-9,11H,10H2. The van der Waals surface area contributed by atoms with Gasteiger partial charge >= 0.3 is 0 Å². The number of hydrogen-bond acceptors (Lipinski definition) is 3. The van der Waals surface area contributed by atoms with Crippen LogP contribution in [0.5, 0.6) is 0 Å². The second-order valence-electron chi connectivity index (χ2n) is 4.81. The minimum atomic E-state index is -0.404. The molecule has 0 aliphatic rings. The molecule has 0 unspecified atom stereocenters. The summed E-state index contributed by atoms with van der Waals surface area (Å²) in [5.74, 6) is 0. The molecular weight excluding hydrogens is 393 g/mol. The molecule has 0 amide bonds. The molecule has 0 spiro atoms. The molecule has 1 heterocycles. The average molecular weight is 405 g/mol. The maximum atomic E-state index is 10.7. The van der Waals surface area contributed by atoms with Crippen LogP contribution in [0.15, 0.2) is 60.8 Å². The van der Waals surface area contributed by atoms with Gasteiger partial charge in [-0.05, 0) is 40.3 Å². The smallest absolute Gasteiger partial charge is 0.258 e. The Morgan fingerprint density at radius 1 is 1.09 bits per heavy atom. The highest BCUT2D eigenvalue weighted by Gasteiger charge is 2.11. The lowest BCUT2D eigenvalue weighted by atomic mass is 10.1. The molecule has 0 saturated carbocycles. The topological polar surface area (TPSA) is 61.0 Å². The van der Waals surface area contributed by atoms with E-state index < -0.39 is 4.92 Å². The van der Waals surface area contributed by atoms with Crippen LogP contribution in [-0.2, 0) is 6.42 Å². The predicted octanol–water partition coefficient (Wildman–Crippen LogP) is 3.98. The summed E-state index contributed by atoms with van der Waals surface area (Å²) < 4.78 is 2.80. The van der Waals surface area contributed by atoms with Gasteiger partial charge in [0.15, 0.2) is 0 Å². The fourth-order valence-corrected chi connectivity index (χ4v) is 2.93. The Hall–Kier alpha value is -2.22. The lowest BCUT2D eigenvalue weighted by Gasteiger charge is -2.04. The molecule has 0 fully saturated rings. The molecule has 5 nitrogen and oxygen atoms in total. The number of benzene rings is 2. The molecule has 22 heavy (non-hydrogen) atoms. The summed E-state index contributed by atoms with van der Waals surface area (Å²) >= 11 is 2.26. The monoisotopic (exact) mass is 405 g/mol. The Morgan fingerprint density at radius 2 is 1.77 bits per heavy atom. The first-order valence-corrected chi connectivity index (χ1v) is 7.74. The van der Waals surface area contributed by atoms with Gasteiger partial charge in [0.2, 0.25) is 0 Å². The first-order chi connectivity index (χ1) is 10.6. The number of rotatable bonds is 4. The Morgan fingerprint density at radius 3 is 2.41 bits per heavy atom. The molecule has 6 heteroatoms. The van der Waals surface area contributed by atoms with Crippen LogP contribution in [-0.4, -0.2) is 14.7 Å². The highest BCUT2D eigenvalue weighted by Crippen LogP contribution is 2.21. The summed E-state index contributed by atoms with van der Waals surface area (Å²) in [6.07, 6.45) is 2.66. The van der Waals surface area contributed by atoms with Crippen LogP contribution < -0.4 is 0 Å². The van der Waals surface area contributed by atoms with Gasteiger partial charge in [-0.1, -0.05) is 30.3 Å². The largest absolute Gasteiger partial charge is 0.269 e. The molecule has 0 atom stereocenters. The number of aromatic nitrogens is 2. The van der Waals surface area contributed by atoms with Gasteiger partial charge in [-0.15, -0.1) is 0 Å². The highest BCUT2D eigenvalue weighted by atomic mass is 127. The summed E-state index contributed by atoms with van der Waals surface area (Å²) in [6, 6.07) is 16.6. The van der Waals surface area contributed by atoms with E-state index in [4.69, 9.17) is 0 Å². The minimum absolute atomic E-state index is 0.0791. The maximum Gasteiger partial charge on any atom is 0.269 e. The Bertz CT molecular complexity index is 798. The van der Waals surface area contributed by atoms with E-state index >= 15 is 0 Å². The van der Waals surface area contributed by atoms with Crippen molar-refractivity contribution < 1.29 is 4.92 Å². The second kappa shape index (κ2) is 6.27. The van der Waals surface area contributed by atoms with Gasteiger partial charge < -0.3 is 0 Å². The molecule has 0 N–H and O–H groups in total. The molecular formula is C16H12IN3O2. The van der Waals surface area contributed by atoms with E-state index in [2.05, 4.69) is 39.8 Å². The quantitative estimate of drug-likeness (QED) is 0.375. The van der Waals surface area contributed by atoms with Gasteiger partial charge in [0.05, 0.1) is 16.8 Å². The van der Waals surface area contributed by atoms with E-state index in [0.717, 1.165) is 21.4 Å². The summed E-state index contributed by atoms with van der Waals surface area (Å²) in [5.41, 5.74) is 3.25. The number of nitro groups is 1. The Balaban J connectivity index is 1.88. The molecule has 0 bridgehead atoms. The van der Waals surface area contributed by atoms with Crippen molar-refractivity contribution in [3.63, 3.8) is 0 Å². The third-order valence-electron chi connectivity index (χ3n) is 3.32. The van der Waals surface area contributed by atoms with E-state index in [0.29, 0.717) is 0 Å². The predicted molar refractivity (Wildman–Crippen MR) is 92.2 cm³/mol. The molecule has 2 aromatic carbocycles. The van der Waals surface area contributed by atoms with Crippen LogP contribution >= 0.6 is 22.6 Å². The van der Waals surface area contributed by atoms with Crippen LogP contribution in [0, 0.1) is 13.8 Å². The van der Waals surface area contributed by atoms with Gasteiger partial charge in [0, 0.05) is 24.1 Å². The zero-order chi connectivity index (χ0) is 15.5. The average Bonchev–Trinajstić information content (AvgIpc) is 2.89. The third kappa shape index (κ3) is 3.01. The highest BCUT2D eigenvalue weighted by molar-refractivity contribution is 14.1. The molecule has 3 rings (SSSR count). The number of hydrogen-bond donors (Lipinski definition) is 0. The van der Waals surface area contributed by atoms with Gasteiger partial charge in [-0.2, -0.15) is 5.10 Å². The lowest BCUT2D eigenvalue weighted by molar-refractivity contribution is -0.384. The van der Waals surface area contributed by atoms with Crippen molar-refractivity contribution >= 4 is 28.3 Å². The van der Waals surface area contributed by atoms with Crippen LogP contribution in [0.4, 0.5) is 5.69 Å². The number of halogens is 1. The summed E-state index contributed by atoms with van der Waals surface area (Å²) in [6.45, 7) is 0. The number of nitro benzene ring substituents is 1. The number of non-ortho nitro benzene ring substituents is 1. The van der Waals surface area contributed by atoms with Gasteiger partial charge in [0.1, 0.15) is 3.70 Å². The molecule has 0 radical (unpaired) electrons. The van der Waals surface area contributed by atoms with Crippen molar-refractivity contribution in [1.29, 1.82) is 0 Å². The van der Waals surface area contributed by atoms with Crippen molar-refractivity contribution in [2.45, 2.75) is 6.42 Å².